The number of para-hydroxylation sites is 2. The van der Waals surface area contributed by atoms with E-state index in [0.29, 0.717) is 33.9 Å². The molecule has 0 bridgehead atoms. The van der Waals surface area contributed by atoms with Gasteiger partial charge in [0.15, 0.2) is 5.82 Å². The summed E-state index contributed by atoms with van der Waals surface area (Å²) in [5, 5.41) is 2.58. The molecule has 134 valence electrons. The van der Waals surface area contributed by atoms with E-state index in [4.69, 9.17) is 4.74 Å². The van der Waals surface area contributed by atoms with Crippen LogP contribution < -0.4 is 10.1 Å². The number of halogens is 1. The number of H-pyrrole nitrogens is 1. The average molecular weight is 362 g/mol. The summed E-state index contributed by atoms with van der Waals surface area (Å²) in [7, 11) is 1.57. The SMILES string of the molecule is COc1ccnc(-c2nc3c(C(=O)Nc4ccccc4F)cccc3[nH]2)c1. The van der Waals surface area contributed by atoms with Gasteiger partial charge >= 0.3 is 0 Å². The van der Waals surface area contributed by atoms with Gasteiger partial charge in [-0.3, -0.25) is 9.78 Å². The van der Waals surface area contributed by atoms with Crippen molar-refractivity contribution in [1.82, 2.24) is 15.0 Å². The molecule has 0 saturated heterocycles. The van der Waals surface area contributed by atoms with Gasteiger partial charge in [-0.15, -0.1) is 0 Å². The number of fused-ring (bicyclic) bond motifs is 1. The number of aromatic nitrogens is 3. The number of pyridine rings is 1. The fraction of sp³-hybridized carbons (Fsp3) is 0.0500. The molecular weight excluding hydrogens is 347 g/mol. The molecule has 0 aliphatic heterocycles. The maximum Gasteiger partial charge on any atom is 0.258 e. The van der Waals surface area contributed by atoms with Gasteiger partial charge in [-0.05, 0) is 30.3 Å². The third kappa shape index (κ3) is 3.22. The predicted octanol–water partition coefficient (Wildman–Crippen LogP) is 4.02. The second-order valence-corrected chi connectivity index (χ2v) is 5.80. The number of methoxy groups -OCH3 is 1. The van der Waals surface area contributed by atoms with Crippen LogP contribution in [0.1, 0.15) is 10.4 Å². The van der Waals surface area contributed by atoms with Gasteiger partial charge < -0.3 is 15.0 Å². The summed E-state index contributed by atoms with van der Waals surface area (Å²) in [6, 6.07) is 14.7. The minimum atomic E-state index is -0.499. The zero-order valence-electron chi connectivity index (χ0n) is 14.4. The van der Waals surface area contributed by atoms with E-state index in [1.54, 1.807) is 49.7 Å². The van der Waals surface area contributed by atoms with Crippen LogP contribution in [0.2, 0.25) is 0 Å². The van der Waals surface area contributed by atoms with Crippen LogP contribution in [0.15, 0.2) is 60.8 Å². The predicted molar refractivity (Wildman–Crippen MR) is 100 cm³/mol. The first kappa shape index (κ1) is 16.7. The number of anilines is 1. The first-order valence-corrected chi connectivity index (χ1v) is 8.21. The zero-order chi connectivity index (χ0) is 18.8. The normalized spacial score (nSPS) is 10.7. The Morgan fingerprint density at radius 1 is 1.15 bits per heavy atom. The van der Waals surface area contributed by atoms with Crippen LogP contribution >= 0.6 is 0 Å². The number of aromatic amines is 1. The number of ether oxygens (including phenoxy) is 1. The number of hydrogen-bond acceptors (Lipinski definition) is 4. The van der Waals surface area contributed by atoms with Crippen molar-refractivity contribution >= 4 is 22.6 Å². The molecule has 2 heterocycles. The van der Waals surface area contributed by atoms with Gasteiger partial charge in [0.25, 0.3) is 5.91 Å². The Balaban J connectivity index is 1.73. The number of benzene rings is 2. The molecule has 4 rings (SSSR count). The summed E-state index contributed by atoms with van der Waals surface area (Å²) in [6.45, 7) is 0. The van der Waals surface area contributed by atoms with Gasteiger partial charge in [0.2, 0.25) is 0 Å². The summed E-state index contributed by atoms with van der Waals surface area (Å²) >= 11 is 0. The smallest absolute Gasteiger partial charge is 0.258 e. The van der Waals surface area contributed by atoms with Gasteiger partial charge in [0, 0.05) is 12.3 Å². The first-order valence-electron chi connectivity index (χ1n) is 8.21. The number of carbonyl (C=O) groups excluding carboxylic acids is 1. The van der Waals surface area contributed by atoms with E-state index >= 15 is 0 Å². The van der Waals surface area contributed by atoms with Crippen molar-refractivity contribution in [3.63, 3.8) is 0 Å². The Morgan fingerprint density at radius 3 is 2.81 bits per heavy atom. The van der Waals surface area contributed by atoms with E-state index in [0.717, 1.165) is 0 Å². The molecular formula is C20H15FN4O2. The molecule has 0 fully saturated rings. The minimum absolute atomic E-state index is 0.115. The first-order chi connectivity index (χ1) is 13.2. The molecule has 0 radical (unpaired) electrons. The molecule has 0 spiro atoms. The Morgan fingerprint density at radius 2 is 2.00 bits per heavy atom. The summed E-state index contributed by atoms with van der Waals surface area (Å²) < 4.78 is 19.0. The fourth-order valence-corrected chi connectivity index (χ4v) is 2.76. The van der Waals surface area contributed by atoms with Crippen molar-refractivity contribution in [2.24, 2.45) is 0 Å². The van der Waals surface area contributed by atoms with E-state index < -0.39 is 11.7 Å². The molecule has 2 aromatic heterocycles. The quantitative estimate of drug-likeness (QED) is 0.574. The van der Waals surface area contributed by atoms with Crippen molar-refractivity contribution in [3.8, 4) is 17.3 Å². The lowest BCUT2D eigenvalue weighted by Gasteiger charge is -2.06. The highest BCUT2D eigenvalue weighted by molar-refractivity contribution is 6.11. The van der Waals surface area contributed by atoms with Gasteiger partial charge in [-0.2, -0.15) is 0 Å². The van der Waals surface area contributed by atoms with E-state index in [-0.39, 0.29) is 5.69 Å². The number of nitrogens with zero attached hydrogens (tertiary/aromatic N) is 2. The summed E-state index contributed by atoms with van der Waals surface area (Å²) in [5.74, 6) is 0.219. The molecule has 0 aliphatic rings. The monoisotopic (exact) mass is 362 g/mol. The van der Waals surface area contributed by atoms with Crippen molar-refractivity contribution in [2.45, 2.75) is 0 Å². The Bertz CT molecular complexity index is 1140. The van der Waals surface area contributed by atoms with E-state index in [9.17, 15) is 9.18 Å². The van der Waals surface area contributed by atoms with Crippen LogP contribution in [0.4, 0.5) is 10.1 Å². The molecule has 0 aliphatic carbocycles. The lowest BCUT2D eigenvalue weighted by atomic mass is 10.1. The average Bonchev–Trinajstić information content (AvgIpc) is 3.14. The van der Waals surface area contributed by atoms with Gasteiger partial charge in [0.1, 0.15) is 22.8 Å². The number of imidazole rings is 1. The van der Waals surface area contributed by atoms with Crippen LogP contribution in [0.5, 0.6) is 5.75 Å². The van der Waals surface area contributed by atoms with Crippen LogP contribution in [0.25, 0.3) is 22.6 Å². The van der Waals surface area contributed by atoms with Crippen molar-refractivity contribution in [1.29, 1.82) is 0 Å². The number of amides is 1. The fourth-order valence-electron chi connectivity index (χ4n) is 2.76. The Labute approximate surface area is 154 Å². The number of carbonyl (C=O) groups is 1. The largest absolute Gasteiger partial charge is 0.497 e. The molecule has 7 heteroatoms. The lowest BCUT2D eigenvalue weighted by Crippen LogP contribution is -2.13. The summed E-state index contributed by atoms with van der Waals surface area (Å²) in [4.78, 5) is 24.6. The van der Waals surface area contributed by atoms with E-state index in [1.807, 2.05) is 6.07 Å². The van der Waals surface area contributed by atoms with Crippen LogP contribution in [0, 0.1) is 5.82 Å². The standard InChI is InChI=1S/C20H15FN4O2/c1-27-12-9-10-22-17(11-12)19-23-16-8-4-5-13(18(16)25-19)20(26)24-15-7-3-2-6-14(15)21/h2-11H,1H3,(H,23,25)(H,24,26). The molecule has 27 heavy (non-hydrogen) atoms. The molecule has 2 N–H and O–H groups in total. The highest BCUT2D eigenvalue weighted by atomic mass is 19.1. The highest BCUT2D eigenvalue weighted by Gasteiger charge is 2.16. The van der Waals surface area contributed by atoms with E-state index in [2.05, 4.69) is 20.3 Å². The molecule has 0 unspecified atom stereocenters. The number of nitrogens with one attached hydrogen (secondary N) is 2. The second kappa shape index (κ2) is 6.87. The zero-order valence-corrected chi connectivity index (χ0v) is 14.4. The molecule has 0 saturated carbocycles. The van der Waals surface area contributed by atoms with Crippen LogP contribution in [-0.2, 0) is 0 Å². The third-order valence-corrected chi connectivity index (χ3v) is 4.09. The highest BCUT2D eigenvalue weighted by Crippen LogP contribution is 2.24. The maximum atomic E-state index is 13.8. The Kier molecular flexibility index (Phi) is 4.25. The molecule has 4 aromatic rings. The van der Waals surface area contributed by atoms with Crippen LogP contribution in [-0.4, -0.2) is 28.0 Å². The topological polar surface area (TPSA) is 79.9 Å². The van der Waals surface area contributed by atoms with Gasteiger partial charge in [-0.1, -0.05) is 18.2 Å². The molecule has 2 aromatic carbocycles. The van der Waals surface area contributed by atoms with Gasteiger partial charge in [-0.25, -0.2) is 9.37 Å². The summed E-state index contributed by atoms with van der Waals surface area (Å²) in [6.07, 6.45) is 1.62. The lowest BCUT2D eigenvalue weighted by molar-refractivity contribution is 0.102. The second-order valence-electron chi connectivity index (χ2n) is 5.80. The maximum absolute atomic E-state index is 13.8. The third-order valence-electron chi connectivity index (χ3n) is 4.09. The molecule has 6 nitrogen and oxygen atoms in total. The number of hydrogen-bond donors (Lipinski definition) is 2. The Hall–Kier alpha value is -3.74. The van der Waals surface area contributed by atoms with Crippen molar-refractivity contribution in [2.75, 3.05) is 12.4 Å². The van der Waals surface area contributed by atoms with Gasteiger partial charge in [0.05, 0.1) is 23.9 Å². The van der Waals surface area contributed by atoms with E-state index in [1.165, 1.54) is 12.1 Å². The molecule has 1 amide bonds. The minimum Gasteiger partial charge on any atom is -0.497 e. The summed E-state index contributed by atoms with van der Waals surface area (Å²) in [5.41, 5.74) is 2.19. The van der Waals surface area contributed by atoms with Crippen molar-refractivity contribution in [3.05, 3.63) is 72.2 Å². The van der Waals surface area contributed by atoms with Crippen molar-refractivity contribution < 1.29 is 13.9 Å². The number of rotatable bonds is 4. The van der Waals surface area contributed by atoms with Crippen LogP contribution in [0.3, 0.4) is 0 Å². The molecule has 0 atom stereocenters.